The number of hydrogen-bond acceptors (Lipinski definition) is 6. The summed E-state index contributed by atoms with van der Waals surface area (Å²) < 4.78 is 1.44. The number of aromatic amines is 1. The number of aromatic nitrogens is 2. The van der Waals surface area contributed by atoms with Crippen molar-refractivity contribution < 1.29 is 14.7 Å². The van der Waals surface area contributed by atoms with E-state index in [0.29, 0.717) is 31.7 Å². The molecule has 0 unspecified atom stereocenters. The van der Waals surface area contributed by atoms with Crippen molar-refractivity contribution in [3.63, 3.8) is 0 Å². The van der Waals surface area contributed by atoms with Gasteiger partial charge in [0.2, 0.25) is 5.88 Å². The molecule has 10 heteroatoms. The van der Waals surface area contributed by atoms with Crippen LogP contribution in [0.2, 0.25) is 0 Å². The topological polar surface area (TPSA) is 125 Å². The third-order valence-electron chi connectivity index (χ3n) is 7.07. The number of H-pyrrole nitrogens is 1. The number of aromatic hydroxyl groups is 1. The minimum atomic E-state index is -0.915. The molecule has 6 rings (SSSR count). The van der Waals surface area contributed by atoms with Gasteiger partial charge in [-0.25, -0.2) is 9.36 Å². The number of nitrogens with one attached hydrogen (secondary N) is 1. The van der Waals surface area contributed by atoms with E-state index in [1.807, 2.05) is 26.0 Å². The van der Waals surface area contributed by atoms with E-state index >= 15 is 0 Å². The number of carbonyl (C=O) groups is 2. The predicted octanol–water partition coefficient (Wildman–Crippen LogP) is 3.49. The second-order valence-electron chi connectivity index (χ2n) is 9.18. The second kappa shape index (κ2) is 8.10. The van der Waals surface area contributed by atoms with Crippen LogP contribution in [-0.2, 0) is 12.8 Å². The lowest BCUT2D eigenvalue weighted by Gasteiger charge is -2.23. The Hall–Kier alpha value is -4.31. The first-order valence-electron chi connectivity index (χ1n) is 11.5. The average Bonchev–Trinajstić information content (AvgIpc) is 3.28. The fourth-order valence-corrected chi connectivity index (χ4v) is 5.68. The first-order valence-corrected chi connectivity index (χ1v) is 12.3. The summed E-state index contributed by atoms with van der Waals surface area (Å²) in [7, 11) is 0. The lowest BCUT2D eigenvalue weighted by molar-refractivity contribution is 0.0616. The lowest BCUT2D eigenvalue weighted by Crippen LogP contribution is -2.37. The highest BCUT2D eigenvalue weighted by Gasteiger charge is 2.35. The third-order valence-corrected chi connectivity index (χ3v) is 7.70. The van der Waals surface area contributed by atoms with Crippen LogP contribution in [0.15, 0.2) is 55.6 Å². The standard InChI is InChI=1S/C27H19BrN4O5/c1-12-9-19(28)20(10-13(12)2)31-24(34)18(23(33)30-27(31)37)11-29-32-25(35)16-7-5-14-3-4-15-6-8-17(26(32)36)22(16)21(14)15/h5-11,34H,3-4H2,1-2H3,(H,30,33,37)/b29-11+. The van der Waals surface area contributed by atoms with Crippen LogP contribution in [0.5, 0.6) is 5.88 Å². The highest BCUT2D eigenvalue weighted by Crippen LogP contribution is 2.38. The minimum Gasteiger partial charge on any atom is -0.493 e. The SMILES string of the molecule is Cc1cc(Br)c(-n2c(O)c(/C=N/N3C(=O)c4ccc5c6c(ccc(c46)C3=O)CC5)c(=O)[nH]c2=O)cc1C. The molecule has 37 heavy (non-hydrogen) atoms. The van der Waals surface area contributed by atoms with Crippen LogP contribution in [-0.4, -0.2) is 37.7 Å². The molecule has 0 atom stereocenters. The summed E-state index contributed by atoms with van der Waals surface area (Å²) in [6, 6.07) is 10.6. The average molecular weight is 559 g/mol. The summed E-state index contributed by atoms with van der Waals surface area (Å²) in [4.78, 5) is 54.0. The summed E-state index contributed by atoms with van der Waals surface area (Å²) in [6.45, 7) is 3.75. The van der Waals surface area contributed by atoms with E-state index in [4.69, 9.17) is 0 Å². The molecule has 0 radical (unpaired) electrons. The number of imide groups is 1. The van der Waals surface area contributed by atoms with Crippen LogP contribution in [0.4, 0.5) is 0 Å². The van der Waals surface area contributed by atoms with Crippen molar-refractivity contribution in [3.05, 3.63) is 101 Å². The van der Waals surface area contributed by atoms with Crippen molar-refractivity contribution >= 4 is 44.7 Å². The Morgan fingerprint density at radius 2 is 1.51 bits per heavy atom. The smallest absolute Gasteiger partial charge is 0.335 e. The molecule has 0 bridgehead atoms. The number of hydrazone groups is 1. The molecular weight excluding hydrogens is 540 g/mol. The summed E-state index contributed by atoms with van der Waals surface area (Å²) in [5.74, 6) is -1.95. The van der Waals surface area contributed by atoms with E-state index in [-0.39, 0.29) is 5.56 Å². The molecule has 1 aromatic heterocycles. The number of rotatable bonds is 3. The van der Waals surface area contributed by atoms with Gasteiger partial charge in [0.05, 0.1) is 23.0 Å². The number of halogens is 1. The van der Waals surface area contributed by atoms with Gasteiger partial charge in [0, 0.05) is 9.86 Å². The first kappa shape index (κ1) is 23.1. The van der Waals surface area contributed by atoms with Crippen LogP contribution in [0.3, 0.4) is 0 Å². The zero-order chi connectivity index (χ0) is 26.2. The predicted molar refractivity (Wildman–Crippen MR) is 141 cm³/mol. The first-order chi connectivity index (χ1) is 17.7. The Kier molecular flexibility index (Phi) is 5.06. The molecule has 9 nitrogen and oxygen atoms in total. The van der Waals surface area contributed by atoms with E-state index in [9.17, 15) is 24.3 Å². The summed E-state index contributed by atoms with van der Waals surface area (Å²) in [5, 5.41) is 17.2. The van der Waals surface area contributed by atoms with Gasteiger partial charge < -0.3 is 5.11 Å². The van der Waals surface area contributed by atoms with E-state index in [1.54, 1.807) is 24.3 Å². The molecular formula is C27H19BrN4O5. The number of hydrogen-bond donors (Lipinski definition) is 2. The quantitative estimate of drug-likeness (QED) is 0.294. The van der Waals surface area contributed by atoms with E-state index in [2.05, 4.69) is 26.0 Å². The van der Waals surface area contributed by atoms with Crippen molar-refractivity contribution in [2.45, 2.75) is 26.7 Å². The van der Waals surface area contributed by atoms with E-state index < -0.39 is 28.9 Å². The summed E-state index contributed by atoms with van der Waals surface area (Å²) in [5.41, 5.74) is 2.86. The van der Waals surface area contributed by atoms with Crippen molar-refractivity contribution in [2.75, 3.05) is 0 Å². The van der Waals surface area contributed by atoms with Gasteiger partial charge in [-0.05, 0) is 94.5 Å². The second-order valence-corrected chi connectivity index (χ2v) is 10.0. The lowest BCUT2D eigenvalue weighted by atomic mass is 9.92. The molecule has 1 aliphatic heterocycles. The van der Waals surface area contributed by atoms with Gasteiger partial charge in [0.15, 0.2) is 0 Å². The number of carbonyl (C=O) groups excluding carboxylic acids is 2. The van der Waals surface area contributed by atoms with E-state index in [0.717, 1.165) is 51.3 Å². The highest BCUT2D eigenvalue weighted by molar-refractivity contribution is 9.10. The van der Waals surface area contributed by atoms with Gasteiger partial charge in [-0.15, -0.1) is 0 Å². The molecule has 2 amide bonds. The third kappa shape index (κ3) is 3.32. The van der Waals surface area contributed by atoms with Gasteiger partial charge >= 0.3 is 5.69 Å². The molecule has 4 aromatic rings. The highest BCUT2D eigenvalue weighted by atomic mass is 79.9. The van der Waals surface area contributed by atoms with Crippen LogP contribution >= 0.6 is 15.9 Å². The van der Waals surface area contributed by atoms with Crippen molar-refractivity contribution in [2.24, 2.45) is 5.10 Å². The molecule has 1 aliphatic carbocycles. The molecule has 2 aliphatic rings. The summed E-state index contributed by atoms with van der Waals surface area (Å²) >= 11 is 3.40. The van der Waals surface area contributed by atoms with Gasteiger partial charge in [-0.2, -0.15) is 10.1 Å². The molecule has 3 aromatic carbocycles. The van der Waals surface area contributed by atoms with Gasteiger partial charge in [0.1, 0.15) is 5.56 Å². The Morgan fingerprint density at radius 1 is 0.919 bits per heavy atom. The maximum Gasteiger partial charge on any atom is 0.335 e. The molecule has 0 saturated heterocycles. The molecule has 0 fully saturated rings. The Labute approximate surface area is 217 Å². The molecule has 2 N–H and O–H groups in total. The largest absolute Gasteiger partial charge is 0.493 e. The summed E-state index contributed by atoms with van der Waals surface area (Å²) in [6.07, 6.45) is 2.63. The minimum absolute atomic E-state index is 0.305. The van der Waals surface area contributed by atoms with Crippen LogP contribution < -0.4 is 11.2 Å². The van der Waals surface area contributed by atoms with Gasteiger partial charge in [-0.3, -0.25) is 19.4 Å². The number of aryl methyl sites for hydroxylation is 4. The van der Waals surface area contributed by atoms with Crippen LogP contribution in [0.25, 0.3) is 16.5 Å². The van der Waals surface area contributed by atoms with Crippen LogP contribution in [0, 0.1) is 13.8 Å². The van der Waals surface area contributed by atoms with Gasteiger partial charge in [-0.1, -0.05) is 12.1 Å². The molecule has 0 spiro atoms. The maximum absolute atomic E-state index is 13.3. The zero-order valence-electron chi connectivity index (χ0n) is 19.8. The zero-order valence-corrected chi connectivity index (χ0v) is 21.3. The maximum atomic E-state index is 13.3. The monoisotopic (exact) mass is 558 g/mol. The number of nitrogens with zero attached hydrogens (tertiary/aromatic N) is 3. The Balaban J connectivity index is 1.46. The Morgan fingerprint density at radius 3 is 2.14 bits per heavy atom. The molecule has 0 saturated carbocycles. The van der Waals surface area contributed by atoms with Gasteiger partial charge in [0.25, 0.3) is 17.4 Å². The number of benzene rings is 3. The van der Waals surface area contributed by atoms with Crippen molar-refractivity contribution in [1.82, 2.24) is 14.6 Å². The van der Waals surface area contributed by atoms with Crippen LogP contribution in [0.1, 0.15) is 48.5 Å². The number of amides is 2. The molecule has 2 heterocycles. The van der Waals surface area contributed by atoms with Crippen molar-refractivity contribution in [1.29, 1.82) is 0 Å². The Bertz CT molecular complexity index is 1810. The fraction of sp³-hybridized carbons (Fsp3) is 0.148. The van der Waals surface area contributed by atoms with Crippen molar-refractivity contribution in [3.8, 4) is 11.6 Å². The fourth-order valence-electron chi connectivity index (χ4n) is 5.04. The van der Waals surface area contributed by atoms with E-state index in [1.165, 1.54) is 0 Å². The molecule has 184 valence electrons. The normalized spacial score (nSPS) is 14.4.